The predicted octanol–water partition coefficient (Wildman–Crippen LogP) is 3.95. The second-order valence-corrected chi connectivity index (χ2v) is 17.7. The average Bonchev–Trinajstić information content (AvgIpc) is 4.01. The van der Waals surface area contributed by atoms with E-state index < -0.39 is 68.4 Å². The van der Waals surface area contributed by atoms with Gasteiger partial charge in [0.1, 0.15) is 29.5 Å². The molecule has 0 spiro atoms. The molecule has 2 heterocycles. The summed E-state index contributed by atoms with van der Waals surface area (Å²) in [6.07, 6.45) is 2.05. The molecule has 0 unspecified atom stereocenters. The van der Waals surface area contributed by atoms with Crippen LogP contribution in [0.3, 0.4) is 0 Å². The van der Waals surface area contributed by atoms with Crippen LogP contribution in [0.5, 0.6) is 11.6 Å². The lowest BCUT2D eigenvalue weighted by Crippen LogP contribution is -2.61. The smallest absolute Gasteiger partial charge is 0.408 e. The van der Waals surface area contributed by atoms with Crippen LogP contribution in [0.4, 0.5) is 4.79 Å². The first-order valence-electron chi connectivity index (χ1n) is 18.3. The molecule has 54 heavy (non-hydrogen) atoms. The molecule has 5 rings (SSSR count). The summed E-state index contributed by atoms with van der Waals surface area (Å²) in [6, 6.07) is 4.52. The van der Waals surface area contributed by atoms with Crippen LogP contribution in [0, 0.1) is 5.92 Å². The molecule has 1 saturated heterocycles. The maximum atomic E-state index is 14.7. The number of carboxylic acid groups (broad SMARTS) is 1. The van der Waals surface area contributed by atoms with Gasteiger partial charge >= 0.3 is 6.09 Å². The van der Waals surface area contributed by atoms with Gasteiger partial charge in [0.2, 0.25) is 27.7 Å². The maximum Gasteiger partial charge on any atom is 0.408 e. The highest BCUT2D eigenvalue weighted by molar-refractivity contribution is 7.91. The van der Waals surface area contributed by atoms with Gasteiger partial charge in [0.25, 0.3) is 5.91 Å². The number of ketones is 1. The number of hydrogen-bond acceptors (Lipinski definition) is 10. The van der Waals surface area contributed by atoms with Crippen molar-refractivity contribution in [1.29, 1.82) is 0 Å². The van der Waals surface area contributed by atoms with Gasteiger partial charge in [-0.05, 0) is 102 Å². The van der Waals surface area contributed by atoms with Crippen LogP contribution in [-0.2, 0) is 29.2 Å². The van der Waals surface area contributed by atoms with Gasteiger partial charge < -0.3 is 24.8 Å². The van der Waals surface area contributed by atoms with Gasteiger partial charge in [-0.25, -0.2) is 18.2 Å². The van der Waals surface area contributed by atoms with Gasteiger partial charge in [-0.3, -0.25) is 28.8 Å². The Kier molecular flexibility index (Phi) is 11.7. The second-order valence-electron chi connectivity index (χ2n) is 15.7. The van der Waals surface area contributed by atoms with Crippen molar-refractivity contribution in [2.45, 2.75) is 121 Å². The van der Waals surface area contributed by atoms with Crippen LogP contribution < -0.4 is 19.5 Å². The van der Waals surface area contributed by atoms with Gasteiger partial charge in [0.05, 0.1) is 18.9 Å². The minimum Gasteiger partial charge on any atom is -0.497 e. The molecule has 1 aromatic heterocycles. The Hall–Kier alpha value is -4.73. The van der Waals surface area contributed by atoms with E-state index in [1.54, 1.807) is 66.1 Å². The Bertz CT molecular complexity index is 1950. The molecule has 3 fully saturated rings. The number of sulfonamides is 1. The average molecular weight is 770 g/mol. The minimum absolute atomic E-state index is 0.0489. The number of amides is 4. The molecule has 15 nitrogen and oxygen atoms in total. The van der Waals surface area contributed by atoms with Gasteiger partial charge in [0, 0.05) is 30.0 Å². The van der Waals surface area contributed by atoms with Crippen molar-refractivity contribution in [1.82, 2.24) is 24.8 Å². The number of methoxy groups -OCH3 is 1. The zero-order chi connectivity index (χ0) is 39.7. The van der Waals surface area contributed by atoms with Crippen molar-refractivity contribution < 1.29 is 47.0 Å². The van der Waals surface area contributed by atoms with E-state index in [0.29, 0.717) is 30.4 Å². The number of nitrogens with zero attached hydrogens (tertiary/aromatic N) is 3. The number of carbonyl (C=O) groups is 5. The Morgan fingerprint density at radius 3 is 2.43 bits per heavy atom. The van der Waals surface area contributed by atoms with Gasteiger partial charge in [0.15, 0.2) is 5.78 Å². The van der Waals surface area contributed by atoms with Crippen molar-refractivity contribution in [3.05, 3.63) is 42.1 Å². The number of benzene rings is 1. The lowest BCUT2D eigenvalue weighted by Gasteiger charge is -2.41. The van der Waals surface area contributed by atoms with Crippen LogP contribution in [0.15, 0.2) is 42.1 Å². The second kappa shape index (κ2) is 15.6. The van der Waals surface area contributed by atoms with E-state index in [0.717, 1.165) is 15.9 Å². The van der Waals surface area contributed by atoms with Crippen molar-refractivity contribution in [3.63, 3.8) is 0 Å². The Balaban J connectivity index is 1.49. The fraction of sp³-hybridized carbons (Fsp3) is 0.579. The largest absolute Gasteiger partial charge is 0.497 e. The molecule has 2 aromatic rings. The highest BCUT2D eigenvalue weighted by Crippen LogP contribution is 2.47. The van der Waals surface area contributed by atoms with Crippen LogP contribution in [0.1, 0.15) is 86.5 Å². The first kappa shape index (κ1) is 40.5. The molecule has 294 valence electrons. The van der Waals surface area contributed by atoms with E-state index >= 15 is 0 Å². The van der Waals surface area contributed by atoms with Gasteiger partial charge in [-0.2, -0.15) is 0 Å². The van der Waals surface area contributed by atoms with E-state index in [4.69, 9.17) is 9.47 Å². The van der Waals surface area contributed by atoms with Gasteiger partial charge in [-0.1, -0.05) is 18.9 Å². The van der Waals surface area contributed by atoms with Crippen molar-refractivity contribution in [2.75, 3.05) is 13.7 Å². The van der Waals surface area contributed by atoms with E-state index in [1.165, 1.54) is 11.0 Å². The molecule has 2 aliphatic carbocycles. The molecule has 16 heteroatoms. The molecule has 5 atom stereocenters. The molecule has 1 aliphatic heterocycles. The maximum absolute atomic E-state index is 14.7. The minimum atomic E-state index is -3.91. The summed E-state index contributed by atoms with van der Waals surface area (Å²) in [4.78, 5) is 74.9. The molecule has 0 bridgehead atoms. The molecule has 1 aromatic carbocycles. The number of fused-ring (bicyclic) bond motifs is 1. The SMILES string of the molecule is CC[C@@H]1C[C@]1(NC(=O)[C@@H]1C[C@@H](Oc2nccc3cc(OC)ccc23)CN1C(=O)[C@H](CCC(=O)C=C(C)C)N(C(=O)O)C(C)(C)C)C(=O)NS(=O)(=O)C1CC1. The van der Waals surface area contributed by atoms with Crippen LogP contribution in [0.2, 0.25) is 0 Å². The first-order chi connectivity index (χ1) is 25.3. The number of rotatable bonds is 15. The van der Waals surface area contributed by atoms with Crippen LogP contribution in [0.25, 0.3) is 10.8 Å². The molecule has 4 amide bonds. The zero-order valence-corrected chi connectivity index (χ0v) is 32.7. The van der Waals surface area contributed by atoms with Crippen molar-refractivity contribution in [3.8, 4) is 11.6 Å². The lowest BCUT2D eigenvalue weighted by molar-refractivity contribution is -0.144. The molecular weight excluding hydrogens is 719 g/mol. The fourth-order valence-corrected chi connectivity index (χ4v) is 8.66. The van der Waals surface area contributed by atoms with E-state index in [-0.39, 0.29) is 49.8 Å². The molecule has 3 N–H and O–H groups in total. The monoisotopic (exact) mass is 769 g/mol. The summed E-state index contributed by atoms with van der Waals surface area (Å²) in [5, 5.41) is 14.0. The summed E-state index contributed by atoms with van der Waals surface area (Å²) in [6.45, 7) is 10.1. The van der Waals surface area contributed by atoms with Crippen LogP contribution in [-0.4, -0.2) is 106 Å². The first-order valence-corrected chi connectivity index (χ1v) is 19.8. The Morgan fingerprint density at radius 2 is 1.85 bits per heavy atom. The standard InChI is InChI=1S/C38H51N5O10S/c1-8-24-20-38(24,35(47)41-54(50,51)28-11-12-28)40-32(45)31-19-27(53-33-29-13-10-26(52-7)18-23(29)15-16-39-33)21-42(31)34(46)30(14-9-25(44)17-22(2)3)43(36(48)49)37(4,5)6/h10,13,15-18,24,27-28,30-31H,8-9,11-12,14,19-21H2,1-7H3,(H,40,45)(H,41,47)(H,48,49)/t24-,27-,30+,31+,38-/m1/s1. The molecular formula is C38H51N5O10S. The number of allylic oxidation sites excluding steroid dienone is 2. The van der Waals surface area contributed by atoms with E-state index in [1.807, 2.05) is 13.0 Å². The summed E-state index contributed by atoms with van der Waals surface area (Å²) < 4.78 is 39.4. The third-order valence-electron chi connectivity index (χ3n) is 10.2. The highest BCUT2D eigenvalue weighted by Gasteiger charge is 2.62. The molecule has 0 radical (unpaired) electrons. The third-order valence-corrected chi connectivity index (χ3v) is 12.1. The number of hydrogen-bond donors (Lipinski definition) is 3. The van der Waals surface area contributed by atoms with Crippen molar-refractivity contribution in [2.24, 2.45) is 5.92 Å². The zero-order valence-electron chi connectivity index (χ0n) is 31.9. The number of likely N-dealkylation sites (tertiary alicyclic amines) is 1. The number of nitrogens with one attached hydrogen (secondary N) is 2. The van der Waals surface area contributed by atoms with E-state index in [2.05, 4.69) is 15.0 Å². The summed E-state index contributed by atoms with van der Waals surface area (Å²) >= 11 is 0. The Labute approximate surface area is 315 Å². The molecule has 3 aliphatic rings. The summed E-state index contributed by atoms with van der Waals surface area (Å²) in [5.74, 6) is -2.01. The van der Waals surface area contributed by atoms with Crippen LogP contribution >= 0.6 is 0 Å². The number of aromatic nitrogens is 1. The molecule has 2 saturated carbocycles. The highest BCUT2D eigenvalue weighted by atomic mass is 32.2. The summed E-state index contributed by atoms with van der Waals surface area (Å²) in [5.41, 5.74) is -1.84. The number of carbonyl (C=O) groups excluding carboxylic acids is 4. The Morgan fingerprint density at radius 1 is 1.15 bits per heavy atom. The predicted molar refractivity (Wildman–Crippen MR) is 199 cm³/mol. The number of ether oxygens (including phenoxy) is 2. The van der Waals surface area contributed by atoms with E-state index in [9.17, 15) is 37.5 Å². The summed E-state index contributed by atoms with van der Waals surface area (Å²) in [7, 11) is -2.36. The number of pyridine rings is 1. The fourth-order valence-electron chi connectivity index (χ4n) is 7.29. The topological polar surface area (TPSA) is 202 Å². The normalized spacial score (nSPS) is 22.9. The quantitative estimate of drug-likeness (QED) is 0.222. The third kappa shape index (κ3) is 8.79. The van der Waals surface area contributed by atoms with Gasteiger partial charge in [-0.15, -0.1) is 0 Å². The lowest BCUT2D eigenvalue weighted by atomic mass is 9.98. The van der Waals surface area contributed by atoms with Crippen molar-refractivity contribution >= 4 is 50.4 Å².